The van der Waals surface area contributed by atoms with Crippen molar-refractivity contribution in [1.29, 1.82) is 0 Å². The number of aliphatic hydroxyl groups excluding tert-OH is 1. The Balaban J connectivity index is 2.44. The number of hydrogen-bond donors (Lipinski definition) is 1. The molecule has 14 heavy (non-hydrogen) atoms. The van der Waals surface area contributed by atoms with Gasteiger partial charge in [0.05, 0.1) is 6.04 Å². The summed E-state index contributed by atoms with van der Waals surface area (Å²) >= 11 is 0. The van der Waals surface area contributed by atoms with Crippen molar-refractivity contribution in [3.05, 3.63) is 0 Å². The Morgan fingerprint density at radius 2 is 2.29 bits per heavy atom. The molecule has 0 aromatic heterocycles. The molecule has 1 unspecified atom stereocenters. The molecule has 4 nitrogen and oxygen atoms in total. The fourth-order valence-corrected chi connectivity index (χ4v) is 1.90. The Morgan fingerprint density at radius 1 is 1.57 bits per heavy atom. The van der Waals surface area contributed by atoms with E-state index in [9.17, 15) is 4.79 Å². The Hall–Kier alpha value is -0.770. The minimum absolute atomic E-state index is 0.108. The molecule has 0 spiro atoms. The molecule has 0 aliphatic carbocycles. The summed E-state index contributed by atoms with van der Waals surface area (Å²) in [7, 11) is 1.86. The van der Waals surface area contributed by atoms with Crippen LogP contribution in [0, 0.1) is 0 Å². The summed E-state index contributed by atoms with van der Waals surface area (Å²) in [5, 5.41) is 8.70. The van der Waals surface area contributed by atoms with Crippen molar-refractivity contribution in [3.63, 3.8) is 0 Å². The van der Waals surface area contributed by atoms with Crippen LogP contribution in [0.4, 0.5) is 4.79 Å². The number of carbonyl (C=O) groups is 1. The third-order valence-electron chi connectivity index (χ3n) is 2.76. The van der Waals surface area contributed by atoms with Crippen molar-refractivity contribution >= 4 is 6.03 Å². The van der Waals surface area contributed by atoms with E-state index in [1.165, 1.54) is 0 Å². The van der Waals surface area contributed by atoms with Gasteiger partial charge in [-0.05, 0) is 12.8 Å². The molecule has 1 heterocycles. The van der Waals surface area contributed by atoms with Crippen molar-refractivity contribution in [3.8, 4) is 0 Å². The molecule has 82 valence electrons. The van der Waals surface area contributed by atoms with Crippen LogP contribution in [0.1, 0.15) is 26.2 Å². The highest BCUT2D eigenvalue weighted by Crippen LogP contribution is 2.17. The van der Waals surface area contributed by atoms with E-state index in [1.54, 1.807) is 0 Å². The summed E-state index contributed by atoms with van der Waals surface area (Å²) in [6, 6.07) is 0.475. The van der Waals surface area contributed by atoms with Crippen molar-refractivity contribution in [1.82, 2.24) is 9.80 Å². The molecule has 1 aliphatic heterocycles. The number of urea groups is 1. The van der Waals surface area contributed by atoms with E-state index in [1.807, 2.05) is 16.8 Å². The Kier molecular flexibility index (Phi) is 4.20. The molecule has 1 atom stereocenters. The van der Waals surface area contributed by atoms with E-state index in [0.717, 1.165) is 19.4 Å². The second-order valence-corrected chi connectivity index (χ2v) is 3.86. The van der Waals surface area contributed by atoms with Crippen LogP contribution < -0.4 is 0 Å². The Labute approximate surface area is 85.5 Å². The molecule has 0 aromatic carbocycles. The molecule has 0 bridgehead atoms. The molecule has 1 N–H and O–H groups in total. The van der Waals surface area contributed by atoms with E-state index in [-0.39, 0.29) is 12.6 Å². The zero-order valence-electron chi connectivity index (χ0n) is 9.07. The summed E-state index contributed by atoms with van der Waals surface area (Å²) in [4.78, 5) is 15.3. The highest BCUT2D eigenvalue weighted by Gasteiger charge is 2.32. The van der Waals surface area contributed by atoms with Gasteiger partial charge in [0.15, 0.2) is 0 Å². The number of carbonyl (C=O) groups excluding carboxylic acids is 1. The molecular weight excluding hydrogens is 180 g/mol. The van der Waals surface area contributed by atoms with Gasteiger partial charge in [-0.1, -0.05) is 13.3 Å². The summed E-state index contributed by atoms with van der Waals surface area (Å²) in [6.07, 6.45) is 2.85. The predicted octanol–water partition coefficient (Wildman–Crippen LogP) is 0.905. The zero-order valence-corrected chi connectivity index (χ0v) is 9.07. The van der Waals surface area contributed by atoms with Gasteiger partial charge in [0.1, 0.15) is 0 Å². The molecule has 0 saturated carbocycles. The van der Waals surface area contributed by atoms with Crippen LogP contribution in [0.3, 0.4) is 0 Å². The summed E-state index contributed by atoms with van der Waals surface area (Å²) in [5.41, 5.74) is 0. The SMILES string of the molecule is CCCC1CN(CCCO)C(=O)N1C. The van der Waals surface area contributed by atoms with Gasteiger partial charge in [-0.25, -0.2) is 4.79 Å². The van der Waals surface area contributed by atoms with Gasteiger partial charge in [-0.3, -0.25) is 0 Å². The number of amides is 2. The van der Waals surface area contributed by atoms with Gasteiger partial charge < -0.3 is 14.9 Å². The maximum Gasteiger partial charge on any atom is 0.320 e. The van der Waals surface area contributed by atoms with E-state index >= 15 is 0 Å². The zero-order chi connectivity index (χ0) is 10.6. The first-order chi connectivity index (χ1) is 6.70. The molecule has 1 aliphatic rings. The normalized spacial score (nSPS) is 22.2. The van der Waals surface area contributed by atoms with Gasteiger partial charge in [-0.2, -0.15) is 0 Å². The molecular formula is C10H20N2O2. The minimum Gasteiger partial charge on any atom is -0.396 e. The average molecular weight is 200 g/mol. The van der Waals surface area contributed by atoms with Crippen LogP contribution in [0.25, 0.3) is 0 Å². The lowest BCUT2D eigenvalue weighted by molar-refractivity contribution is 0.190. The molecule has 1 rings (SSSR count). The number of hydrogen-bond acceptors (Lipinski definition) is 2. The van der Waals surface area contributed by atoms with Crippen molar-refractivity contribution < 1.29 is 9.90 Å². The fraction of sp³-hybridized carbons (Fsp3) is 0.900. The minimum atomic E-state index is 0.108. The first kappa shape index (κ1) is 11.3. The largest absolute Gasteiger partial charge is 0.396 e. The molecule has 4 heteroatoms. The van der Waals surface area contributed by atoms with E-state index in [0.29, 0.717) is 19.0 Å². The second kappa shape index (κ2) is 5.20. The lowest BCUT2D eigenvalue weighted by Crippen LogP contribution is -2.31. The average Bonchev–Trinajstić information content (AvgIpc) is 2.44. The second-order valence-electron chi connectivity index (χ2n) is 3.86. The Bertz CT molecular complexity index is 197. The third-order valence-corrected chi connectivity index (χ3v) is 2.76. The van der Waals surface area contributed by atoms with Crippen molar-refractivity contribution in [2.24, 2.45) is 0 Å². The van der Waals surface area contributed by atoms with Crippen LogP contribution >= 0.6 is 0 Å². The van der Waals surface area contributed by atoms with Crippen LogP contribution in [0.2, 0.25) is 0 Å². The van der Waals surface area contributed by atoms with E-state index < -0.39 is 0 Å². The standard InChI is InChI=1S/C10H20N2O2/c1-3-5-9-8-12(6-4-7-13)10(14)11(9)2/h9,13H,3-8H2,1-2H3. The summed E-state index contributed by atoms with van der Waals surface area (Å²) in [5.74, 6) is 0. The van der Waals surface area contributed by atoms with Gasteiger partial charge in [0.25, 0.3) is 0 Å². The monoisotopic (exact) mass is 200 g/mol. The van der Waals surface area contributed by atoms with Crippen LogP contribution in [0.5, 0.6) is 0 Å². The lowest BCUT2D eigenvalue weighted by atomic mass is 10.1. The number of nitrogens with zero attached hydrogens (tertiary/aromatic N) is 2. The maximum atomic E-state index is 11.7. The van der Waals surface area contributed by atoms with Crippen molar-refractivity contribution in [2.45, 2.75) is 32.2 Å². The molecule has 0 aromatic rings. The van der Waals surface area contributed by atoms with Crippen molar-refractivity contribution in [2.75, 3.05) is 26.7 Å². The molecule has 2 amide bonds. The smallest absolute Gasteiger partial charge is 0.320 e. The molecule has 1 fully saturated rings. The highest BCUT2D eigenvalue weighted by molar-refractivity contribution is 5.76. The highest BCUT2D eigenvalue weighted by atomic mass is 16.3. The van der Waals surface area contributed by atoms with Gasteiger partial charge in [0.2, 0.25) is 0 Å². The van der Waals surface area contributed by atoms with Crippen LogP contribution in [-0.4, -0.2) is 53.7 Å². The summed E-state index contributed by atoms with van der Waals surface area (Å²) < 4.78 is 0. The lowest BCUT2D eigenvalue weighted by Gasteiger charge is -2.16. The van der Waals surface area contributed by atoms with E-state index in [2.05, 4.69) is 6.92 Å². The number of likely N-dealkylation sites (N-methyl/N-ethyl adjacent to an activating group) is 1. The first-order valence-corrected chi connectivity index (χ1v) is 5.33. The Morgan fingerprint density at radius 3 is 2.86 bits per heavy atom. The topological polar surface area (TPSA) is 43.8 Å². The van der Waals surface area contributed by atoms with Crippen LogP contribution in [-0.2, 0) is 0 Å². The number of rotatable bonds is 5. The van der Waals surface area contributed by atoms with Crippen LogP contribution in [0.15, 0.2) is 0 Å². The maximum absolute atomic E-state index is 11.7. The predicted molar refractivity (Wildman–Crippen MR) is 55.1 cm³/mol. The molecule has 1 saturated heterocycles. The van der Waals surface area contributed by atoms with Gasteiger partial charge in [-0.15, -0.1) is 0 Å². The fourth-order valence-electron chi connectivity index (χ4n) is 1.90. The molecule has 0 radical (unpaired) electrons. The van der Waals surface area contributed by atoms with Gasteiger partial charge >= 0.3 is 6.03 Å². The quantitative estimate of drug-likeness (QED) is 0.716. The summed E-state index contributed by atoms with van der Waals surface area (Å²) in [6.45, 7) is 3.80. The number of aliphatic hydroxyl groups is 1. The third kappa shape index (κ3) is 2.38. The first-order valence-electron chi connectivity index (χ1n) is 5.33. The van der Waals surface area contributed by atoms with E-state index in [4.69, 9.17) is 5.11 Å². The van der Waals surface area contributed by atoms with Gasteiger partial charge in [0, 0.05) is 26.7 Å².